The topological polar surface area (TPSA) is 61.9 Å². The summed E-state index contributed by atoms with van der Waals surface area (Å²) in [5, 5.41) is 3.32. The van der Waals surface area contributed by atoms with Crippen LogP contribution in [0.2, 0.25) is 5.02 Å². The van der Waals surface area contributed by atoms with Gasteiger partial charge in [0, 0.05) is 42.6 Å². The predicted molar refractivity (Wildman–Crippen MR) is 106 cm³/mol. The summed E-state index contributed by atoms with van der Waals surface area (Å²) in [7, 11) is 0. The number of piperazine rings is 1. The van der Waals surface area contributed by atoms with Crippen molar-refractivity contribution in [2.24, 2.45) is 0 Å². The molecule has 3 rings (SSSR count). The van der Waals surface area contributed by atoms with E-state index in [0.29, 0.717) is 43.5 Å². The summed E-state index contributed by atoms with van der Waals surface area (Å²) in [5.74, 6) is -0.427. The zero-order valence-corrected chi connectivity index (χ0v) is 15.9. The number of nitrogens with one attached hydrogen (secondary N) is 1. The normalized spacial score (nSPS) is 14.0. The minimum atomic E-state index is -0.629. The zero-order valence-electron chi connectivity index (χ0n) is 15.2. The highest BCUT2D eigenvalue weighted by Crippen LogP contribution is 2.21. The van der Waals surface area contributed by atoms with Gasteiger partial charge < -0.3 is 19.9 Å². The van der Waals surface area contributed by atoms with Crippen LogP contribution in [-0.4, -0.2) is 49.5 Å². The minimum absolute atomic E-state index is 0.488. The average Bonchev–Trinajstić information content (AvgIpc) is 2.69. The van der Waals surface area contributed by atoms with Crippen LogP contribution in [0.15, 0.2) is 48.5 Å². The molecule has 2 aromatic rings. The molecule has 0 radical (unpaired) electrons. The predicted octanol–water partition coefficient (Wildman–Crippen LogP) is 3.03. The molecule has 0 aliphatic carbocycles. The highest BCUT2D eigenvalue weighted by Gasteiger charge is 2.26. The molecule has 1 heterocycles. The molecule has 6 nitrogen and oxygen atoms in total. The lowest BCUT2D eigenvalue weighted by atomic mass is 10.2. The summed E-state index contributed by atoms with van der Waals surface area (Å²) in [6.45, 7) is 4.76. The second-order valence-corrected chi connectivity index (χ2v) is 6.61. The summed E-state index contributed by atoms with van der Waals surface area (Å²) in [6, 6.07) is 14.6. The molecule has 0 spiro atoms. The number of ether oxygens (including phenoxy) is 1. The van der Waals surface area contributed by atoms with E-state index in [1.54, 1.807) is 29.2 Å². The van der Waals surface area contributed by atoms with Crippen molar-refractivity contribution in [3.63, 3.8) is 0 Å². The molecule has 27 heavy (non-hydrogen) atoms. The molecular formula is C20H22ClN3O3. The number of hydrogen-bond acceptors (Lipinski definition) is 4. The van der Waals surface area contributed by atoms with Crippen LogP contribution in [0.3, 0.4) is 0 Å². The fraction of sp³-hybridized carbons (Fsp3) is 0.300. The number of halogens is 1. The van der Waals surface area contributed by atoms with Crippen molar-refractivity contribution < 1.29 is 14.3 Å². The first-order valence-corrected chi connectivity index (χ1v) is 9.28. The van der Waals surface area contributed by atoms with E-state index in [2.05, 4.69) is 10.2 Å². The third-order valence-corrected chi connectivity index (χ3v) is 4.59. The molecule has 7 heteroatoms. The molecule has 2 amide bonds. The van der Waals surface area contributed by atoms with Gasteiger partial charge in [0.25, 0.3) is 0 Å². The molecule has 0 saturated carbocycles. The van der Waals surface area contributed by atoms with Crippen LogP contribution in [-0.2, 0) is 9.59 Å². The zero-order chi connectivity index (χ0) is 19.2. The standard InChI is InChI=1S/C20H22ClN3O3/c1-2-27-18-8-6-16(7-9-18)22-19(25)20(26)24-12-10-23(11-13-24)17-5-3-4-15(21)14-17/h3-9,14H,2,10-13H2,1H3,(H,22,25). The molecule has 0 aromatic heterocycles. The Morgan fingerprint density at radius 3 is 2.41 bits per heavy atom. The SMILES string of the molecule is CCOc1ccc(NC(=O)C(=O)N2CCN(c3cccc(Cl)c3)CC2)cc1. The van der Waals surface area contributed by atoms with Gasteiger partial charge in [-0.1, -0.05) is 17.7 Å². The van der Waals surface area contributed by atoms with E-state index in [0.717, 1.165) is 11.4 Å². The Labute approximate surface area is 163 Å². The van der Waals surface area contributed by atoms with Gasteiger partial charge in [-0.05, 0) is 49.4 Å². The van der Waals surface area contributed by atoms with Crippen molar-refractivity contribution in [3.8, 4) is 5.75 Å². The molecule has 0 bridgehead atoms. The van der Waals surface area contributed by atoms with Gasteiger partial charge in [-0.2, -0.15) is 0 Å². The Morgan fingerprint density at radius 1 is 1.07 bits per heavy atom. The van der Waals surface area contributed by atoms with E-state index in [1.807, 2.05) is 31.2 Å². The number of rotatable bonds is 4. The molecule has 1 fully saturated rings. The van der Waals surface area contributed by atoms with Gasteiger partial charge in [-0.3, -0.25) is 9.59 Å². The van der Waals surface area contributed by atoms with E-state index in [1.165, 1.54) is 0 Å². The Morgan fingerprint density at radius 2 is 1.78 bits per heavy atom. The van der Waals surface area contributed by atoms with Gasteiger partial charge >= 0.3 is 11.8 Å². The summed E-state index contributed by atoms with van der Waals surface area (Å²) in [5.41, 5.74) is 1.59. The van der Waals surface area contributed by atoms with Crippen LogP contribution in [0.1, 0.15) is 6.92 Å². The Kier molecular flexibility index (Phi) is 6.19. The lowest BCUT2D eigenvalue weighted by Gasteiger charge is -2.35. The van der Waals surface area contributed by atoms with Gasteiger partial charge in [0.2, 0.25) is 0 Å². The second-order valence-electron chi connectivity index (χ2n) is 6.17. The van der Waals surface area contributed by atoms with E-state index >= 15 is 0 Å². The van der Waals surface area contributed by atoms with Crippen LogP contribution < -0.4 is 15.0 Å². The molecule has 2 aromatic carbocycles. The highest BCUT2D eigenvalue weighted by molar-refractivity contribution is 6.39. The molecule has 142 valence electrons. The first-order valence-electron chi connectivity index (χ1n) is 8.90. The van der Waals surface area contributed by atoms with Crippen LogP contribution in [0.5, 0.6) is 5.75 Å². The molecular weight excluding hydrogens is 366 g/mol. The van der Waals surface area contributed by atoms with Crippen molar-refractivity contribution in [3.05, 3.63) is 53.6 Å². The monoisotopic (exact) mass is 387 g/mol. The number of carbonyl (C=O) groups excluding carboxylic acids is 2. The van der Waals surface area contributed by atoms with Crippen molar-refractivity contribution >= 4 is 34.8 Å². The van der Waals surface area contributed by atoms with Crippen LogP contribution in [0.25, 0.3) is 0 Å². The summed E-state index contributed by atoms with van der Waals surface area (Å²) in [6.07, 6.45) is 0. The van der Waals surface area contributed by atoms with E-state index in [-0.39, 0.29) is 0 Å². The van der Waals surface area contributed by atoms with Gasteiger partial charge in [-0.15, -0.1) is 0 Å². The fourth-order valence-corrected chi connectivity index (χ4v) is 3.15. The number of anilines is 2. The minimum Gasteiger partial charge on any atom is -0.494 e. The third-order valence-electron chi connectivity index (χ3n) is 4.36. The first kappa shape index (κ1) is 19.0. The Balaban J connectivity index is 1.53. The average molecular weight is 388 g/mol. The van der Waals surface area contributed by atoms with Gasteiger partial charge in [-0.25, -0.2) is 0 Å². The van der Waals surface area contributed by atoms with E-state index in [9.17, 15) is 9.59 Å². The molecule has 0 atom stereocenters. The third kappa shape index (κ3) is 4.92. The number of hydrogen-bond donors (Lipinski definition) is 1. The van der Waals surface area contributed by atoms with Gasteiger partial charge in [0.05, 0.1) is 6.61 Å². The highest BCUT2D eigenvalue weighted by atomic mass is 35.5. The first-order chi connectivity index (χ1) is 13.1. The molecule has 1 saturated heterocycles. The molecule has 1 aliphatic rings. The van der Waals surface area contributed by atoms with Crippen LogP contribution >= 0.6 is 11.6 Å². The van der Waals surface area contributed by atoms with Gasteiger partial charge in [0.15, 0.2) is 0 Å². The maximum Gasteiger partial charge on any atom is 0.313 e. The quantitative estimate of drug-likeness (QED) is 0.819. The van der Waals surface area contributed by atoms with Crippen molar-refractivity contribution in [1.82, 2.24) is 4.90 Å². The van der Waals surface area contributed by atoms with Crippen LogP contribution in [0.4, 0.5) is 11.4 Å². The molecule has 1 aliphatic heterocycles. The summed E-state index contributed by atoms with van der Waals surface area (Å²) in [4.78, 5) is 28.4. The number of amides is 2. The summed E-state index contributed by atoms with van der Waals surface area (Å²) >= 11 is 6.04. The van der Waals surface area contributed by atoms with Crippen molar-refractivity contribution in [2.75, 3.05) is 43.0 Å². The molecule has 0 unspecified atom stereocenters. The number of carbonyl (C=O) groups is 2. The lowest BCUT2D eigenvalue weighted by molar-refractivity contribution is -0.143. The van der Waals surface area contributed by atoms with Gasteiger partial charge in [0.1, 0.15) is 5.75 Å². The number of nitrogens with zero attached hydrogens (tertiary/aromatic N) is 2. The summed E-state index contributed by atoms with van der Waals surface area (Å²) < 4.78 is 5.36. The smallest absolute Gasteiger partial charge is 0.313 e. The number of benzene rings is 2. The fourth-order valence-electron chi connectivity index (χ4n) is 2.97. The Bertz CT molecular complexity index is 802. The van der Waals surface area contributed by atoms with Crippen molar-refractivity contribution in [1.29, 1.82) is 0 Å². The molecule has 1 N–H and O–H groups in total. The lowest BCUT2D eigenvalue weighted by Crippen LogP contribution is -2.51. The maximum atomic E-state index is 12.4. The second kappa shape index (κ2) is 8.77. The largest absolute Gasteiger partial charge is 0.494 e. The van der Waals surface area contributed by atoms with E-state index in [4.69, 9.17) is 16.3 Å². The van der Waals surface area contributed by atoms with Crippen LogP contribution in [0, 0.1) is 0 Å². The maximum absolute atomic E-state index is 12.4. The van der Waals surface area contributed by atoms with Crippen molar-refractivity contribution in [2.45, 2.75) is 6.92 Å². The van der Waals surface area contributed by atoms with E-state index < -0.39 is 11.8 Å². The Hall–Kier alpha value is -2.73.